The second-order valence-electron chi connectivity index (χ2n) is 6.68. The first-order chi connectivity index (χ1) is 14.5. The van der Waals surface area contributed by atoms with Gasteiger partial charge >= 0.3 is 11.6 Å². The van der Waals surface area contributed by atoms with Crippen LogP contribution in [-0.2, 0) is 9.53 Å². The van der Waals surface area contributed by atoms with Gasteiger partial charge in [0.05, 0.1) is 13.7 Å². The summed E-state index contributed by atoms with van der Waals surface area (Å²) in [6.45, 7) is 3.60. The highest BCUT2D eigenvalue weighted by molar-refractivity contribution is 5.96. The van der Waals surface area contributed by atoms with Gasteiger partial charge in [-0.1, -0.05) is 12.1 Å². The van der Waals surface area contributed by atoms with Crippen molar-refractivity contribution in [1.29, 1.82) is 0 Å². The number of hydrogen-bond donors (Lipinski definition) is 0. The number of para-hydroxylation sites is 1. The lowest BCUT2D eigenvalue weighted by Gasteiger charge is -2.11. The number of aryl methyl sites for hydroxylation is 1. The van der Waals surface area contributed by atoms with E-state index in [1.807, 2.05) is 18.2 Å². The second-order valence-corrected chi connectivity index (χ2v) is 6.68. The molecule has 0 spiro atoms. The minimum absolute atomic E-state index is 0.214. The molecule has 0 saturated carbocycles. The Balaban J connectivity index is 1.84. The van der Waals surface area contributed by atoms with Crippen LogP contribution in [0.5, 0.6) is 11.5 Å². The average molecular weight is 408 g/mol. The molecule has 154 valence electrons. The topological polar surface area (TPSA) is 88.1 Å². The minimum Gasteiger partial charge on any atom is -0.493 e. The first-order valence-corrected chi connectivity index (χ1v) is 9.44. The molecule has 2 aromatic heterocycles. The van der Waals surface area contributed by atoms with Crippen LogP contribution in [0.3, 0.4) is 0 Å². The van der Waals surface area contributed by atoms with E-state index in [9.17, 15) is 9.59 Å². The molecule has 0 amide bonds. The van der Waals surface area contributed by atoms with Crippen molar-refractivity contribution < 1.29 is 27.8 Å². The van der Waals surface area contributed by atoms with E-state index in [-0.39, 0.29) is 13.2 Å². The molecule has 30 heavy (non-hydrogen) atoms. The van der Waals surface area contributed by atoms with Crippen LogP contribution in [0, 0.1) is 6.92 Å². The SMILES string of the molecule is CCOC(=O)COc1cc2c(-c3cc4cccc(OC)c4o3)cc(=O)oc2cc1C. The monoisotopic (exact) mass is 408 g/mol. The van der Waals surface area contributed by atoms with Gasteiger partial charge in [-0.05, 0) is 43.7 Å². The number of hydrogen-bond acceptors (Lipinski definition) is 7. The Hall–Kier alpha value is -3.74. The molecular formula is C23H20O7. The molecule has 7 nitrogen and oxygen atoms in total. The van der Waals surface area contributed by atoms with Crippen molar-refractivity contribution in [3.8, 4) is 22.8 Å². The second kappa shape index (κ2) is 7.94. The van der Waals surface area contributed by atoms with E-state index in [0.717, 1.165) is 10.9 Å². The molecule has 0 saturated heterocycles. The molecule has 0 bridgehead atoms. The maximum absolute atomic E-state index is 12.2. The van der Waals surface area contributed by atoms with Crippen molar-refractivity contribution in [2.75, 3.05) is 20.3 Å². The molecule has 2 aromatic carbocycles. The number of furan rings is 1. The largest absolute Gasteiger partial charge is 0.493 e. The van der Waals surface area contributed by atoms with Crippen LogP contribution in [0.25, 0.3) is 33.3 Å². The molecule has 2 heterocycles. The third-order valence-corrected chi connectivity index (χ3v) is 4.68. The van der Waals surface area contributed by atoms with Gasteiger partial charge in [-0.25, -0.2) is 9.59 Å². The number of carbonyl (C=O) groups excluding carboxylic acids is 1. The summed E-state index contributed by atoms with van der Waals surface area (Å²) in [5.41, 5.74) is 1.76. The van der Waals surface area contributed by atoms with Crippen LogP contribution in [-0.4, -0.2) is 26.3 Å². The standard InChI is InChI=1S/C23H20O7/c1-4-27-22(25)12-28-18-10-15-16(11-21(24)29-19(15)8-13(18)2)20-9-14-6-5-7-17(26-3)23(14)30-20/h5-11H,4,12H2,1-3H3. The van der Waals surface area contributed by atoms with E-state index in [2.05, 4.69) is 0 Å². The summed E-state index contributed by atoms with van der Waals surface area (Å²) in [5.74, 6) is 1.12. The number of ether oxygens (including phenoxy) is 3. The molecule has 0 aliphatic rings. The van der Waals surface area contributed by atoms with Crippen LogP contribution in [0.15, 0.2) is 56.1 Å². The summed E-state index contributed by atoms with van der Waals surface area (Å²) in [6, 6.07) is 12.2. The summed E-state index contributed by atoms with van der Waals surface area (Å²) >= 11 is 0. The first kappa shape index (κ1) is 19.6. The molecule has 0 N–H and O–H groups in total. The molecule has 0 radical (unpaired) electrons. The average Bonchev–Trinajstić information content (AvgIpc) is 3.16. The van der Waals surface area contributed by atoms with Crippen LogP contribution < -0.4 is 15.1 Å². The molecular weight excluding hydrogens is 388 g/mol. The molecule has 0 unspecified atom stereocenters. The van der Waals surface area contributed by atoms with Gasteiger partial charge in [-0.3, -0.25) is 0 Å². The Bertz CT molecular complexity index is 1300. The van der Waals surface area contributed by atoms with E-state index in [1.165, 1.54) is 6.07 Å². The van der Waals surface area contributed by atoms with E-state index in [0.29, 0.717) is 39.4 Å². The number of carbonyl (C=O) groups is 1. The summed E-state index contributed by atoms with van der Waals surface area (Å²) in [6.07, 6.45) is 0. The van der Waals surface area contributed by atoms with Crippen molar-refractivity contribution in [3.63, 3.8) is 0 Å². The van der Waals surface area contributed by atoms with E-state index in [1.54, 1.807) is 39.2 Å². The molecule has 4 rings (SSSR count). The molecule has 4 aromatic rings. The summed E-state index contributed by atoms with van der Waals surface area (Å²) in [5, 5.41) is 1.47. The van der Waals surface area contributed by atoms with Gasteiger partial charge in [0, 0.05) is 22.4 Å². The van der Waals surface area contributed by atoms with Crippen molar-refractivity contribution in [1.82, 2.24) is 0 Å². The van der Waals surface area contributed by atoms with Crippen LogP contribution in [0.1, 0.15) is 12.5 Å². The third-order valence-electron chi connectivity index (χ3n) is 4.68. The molecule has 0 fully saturated rings. The zero-order valence-corrected chi connectivity index (χ0v) is 16.8. The number of fused-ring (bicyclic) bond motifs is 2. The number of rotatable bonds is 6. The Morgan fingerprint density at radius 2 is 1.90 bits per heavy atom. The van der Waals surface area contributed by atoms with Crippen molar-refractivity contribution in [2.45, 2.75) is 13.8 Å². The van der Waals surface area contributed by atoms with Gasteiger partial charge in [-0.2, -0.15) is 0 Å². The van der Waals surface area contributed by atoms with Crippen LogP contribution in [0.4, 0.5) is 0 Å². The fourth-order valence-electron chi connectivity index (χ4n) is 3.32. The Morgan fingerprint density at radius 3 is 2.67 bits per heavy atom. The predicted octanol–water partition coefficient (Wildman–Crippen LogP) is 4.47. The zero-order valence-electron chi connectivity index (χ0n) is 16.8. The molecule has 7 heteroatoms. The highest BCUT2D eigenvalue weighted by atomic mass is 16.6. The first-order valence-electron chi connectivity index (χ1n) is 9.44. The van der Waals surface area contributed by atoms with Gasteiger partial charge in [0.25, 0.3) is 0 Å². The quantitative estimate of drug-likeness (QED) is 0.344. The maximum Gasteiger partial charge on any atom is 0.344 e. The van der Waals surface area contributed by atoms with Gasteiger partial charge in [0.1, 0.15) is 17.1 Å². The van der Waals surface area contributed by atoms with Crippen molar-refractivity contribution in [2.24, 2.45) is 0 Å². The minimum atomic E-state index is -0.496. The smallest absolute Gasteiger partial charge is 0.344 e. The predicted molar refractivity (Wildman–Crippen MR) is 111 cm³/mol. The Labute approximate surface area is 171 Å². The third kappa shape index (κ3) is 3.61. The van der Waals surface area contributed by atoms with Crippen LogP contribution in [0.2, 0.25) is 0 Å². The van der Waals surface area contributed by atoms with Crippen molar-refractivity contribution >= 4 is 27.9 Å². The van der Waals surface area contributed by atoms with E-state index < -0.39 is 11.6 Å². The number of methoxy groups -OCH3 is 1. The Kier molecular flexibility index (Phi) is 5.18. The summed E-state index contributed by atoms with van der Waals surface area (Å²) in [4.78, 5) is 23.8. The highest BCUT2D eigenvalue weighted by Gasteiger charge is 2.17. The normalized spacial score (nSPS) is 11.0. The van der Waals surface area contributed by atoms with E-state index in [4.69, 9.17) is 23.0 Å². The van der Waals surface area contributed by atoms with Crippen molar-refractivity contribution in [3.05, 3.63) is 58.4 Å². The van der Waals surface area contributed by atoms with Gasteiger partial charge in [-0.15, -0.1) is 0 Å². The number of benzene rings is 2. The fraction of sp³-hybridized carbons (Fsp3) is 0.217. The van der Waals surface area contributed by atoms with E-state index >= 15 is 0 Å². The lowest BCUT2D eigenvalue weighted by molar-refractivity contribution is -0.145. The van der Waals surface area contributed by atoms with Crippen LogP contribution >= 0.6 is 0 Å². The molecule has 0 atom stereocenters. The zero-order chi connectivity index (χ0) is 21.3. The fourth-order valence-corrected chi connectivity index (χ4v) is 3.32. The van der Waals surface area contributed by atoms with Gasteiger partial charge < -0.3 is 23.0 Å². The highest BCUT2D eigenvalue weighted by Crippen LogP contribution is 2.37. The van der Waals surface area contributed by atoms with Gasteiger partial charge in [0.15, 0.2) is 17.9 Å². The van der Waals surface area contributed by atoms with Gasteiger partial charge in [0.2, 0.25) is 0 Å². The summed E-state index contributed by atoms with van der Waals surface area (Å²) in [7, 11) is 1.57. The maximum atomic E-state index is 12.2. The molecule has 0 aliphatic carbocycles. The molecule has 0 aliphatic heterocycles. The number of esters is 1. The lowest BCUT2D eigenvalue weighted by atomic mass is 10.0. The lowest BCUT2D eigenvalue weighted by Crippen LogP contribution is -2.15. The summed E-state index contributed by atoms with van der Waals surface area (Å²) < 4.78 is 27.3. The Morgan fingerprint density at radius 1 is 1.07 bits per heavy atom.